The summed E-state index contributed by atoms with van der Waals surface area (Å²) in [4.78, 5) is 17.8. The number of benzene rings is 1. The highest BCUT2D eigenvalue weighted by Crippen LogP contribution is 2.36. The van der Waals surface area contributed by atoms with Crippen LogP contribution in [0.25, 0.3) is 0 Å². The highest BCUT2D eigenvalue weighted by atomic mass is 19.3. The lowest BCUT2D eigenvalue weighted by molar-refractivity contribution is -0.114. The molecule has 1 saturated heterocycles. The van der Waals surface area contributed by atoms with Gasteiger partial charge in [0.1, 0.15) is 5.60 Å². The van der Waals surface area contributed by atoms with Crippen molar-refractivity contribution in [2.24, 2.45) is 0 Å². The maximum atomic E-state index is 12.4. The van der Waals surface area contributed by atoms with Gasteiger partial charge in [0.25, 0.3) is 5.91 Å². The molecule has 1 aliphatic rings. The molecule has 0 atom stereocenters. The Labute approximate surface area is 137 Å². The van der Waals surface area contributed by atoms with Crippen molar-refractivity contribution in [2.75, 3.05) is 20.2 Å². The van der Waals surface area contributed by atoms with E-state index in [9.17, 15) is 13.6 Å². The fraction of sp³-hybridized carbons (Fsp3) is 0.294. The van der Waals surface area contributed by atoms with Crippen molar-refractivity contribution in [1.82, 2.24) is 9.88 Å². The quantitative estimate of drug-likeness (QED) is 0.844. The minimum absolute atomic E-state index is 0.222. The summed E-state index contributed by atoms with van der Waals surface area (Å²) in [5.74, 6) is -0.449. The normalized spacial score (nSPS) is 15.9. The van der Waals surface area contributed by atoms with Crippen LogP contribution < -0.4 is 4.74 Å². The summed E-state index contributed by atoms with van der Waals surface area (Å²) >= 11 is 0. The molecule has 1 aromatic carbocycles. The minimum atomic E-state index is -2.94. The van der Waals surface area contributed by atoms with Crippen LogP contribution in [0.3, 0.4) is 0 Å². The van der Waals surface area contributed by atoms with E-state index in [4.69, 9.17) is 4.74 Å². The number of ether oxygens (including phenoxy) is 2. The van der Waals surface area contributed by atoms with Gasteiger partial charge in [0.2, 0.25) is 5.88 Å². The number of likely N-dealkylation sites (tertiary alicyclic amines) is 1. The summed E-state index contributed by atoms with van der Waals surface area (Å²) in [5, 5.41) is 0. The van der Waals surface area contributed by atoms with Gasteiger partial charge in [0, 0.05) is 19.4 Å². The van der Waals surface area contributed by atoms with Crippen molar-refractivity contribution >= 4 is 5.91 Å². The maximum absolute atomic E-state index is 12.4. The molecule has 1 aromatic heterocycles. The molecule has 0 radical (unpaired) electrons. The number of aromatic nitrogens is 1. The zero-order valence-electron chi connectivity index (χ0n) is 13.0. The Hall–Kier alpha value is -2.54. The maximum Gasteiger partial charge on any atom is 0.388 e. The Kier molecular flexibility index (Phi) is 4.44. The molecule has 24 heavy (non-hydrogen) atoms. The molecule has 0 bridgehead atoms. The van der Waals surface area contributed by atoms with Crippen LogP contribution in [0.4, 0.5) is 8.78 Å². The Balaban J connectivity index is 1.67. The average molecular weight is 334 g/mol. The third kappa shape index (κ3) is 3.07. The third-order valence-electron chi connectivity index (χ3n) is 4.06. The lowest BCUT2D eigenvalue weighted by Gasteiger charge is -2.49. The summed E-state index contributed by atoms with van der Waals surface area (Å²) in [5.41, 5.74) is 0.813. The number of hydrogen-bond acceptors (Lipinski definition) is 4. The standard InChI is InChI=1S/C17H16F2N2O3/c1-23-17(13-5-3-2-4-6-13)10-21(11-17)15(22)12-7-8-14(20-9-12)24-16(18)19/h2-9,16H,10-11H2,1H3. The molecule has 7 heteroatoms. The Morgan fingerprint density at radius 2 is 1.92 bits per heavy atom. The molecule has 0 saturated carbocycles. The molecular weight excluding hydrogens is 318 g/mol. The number of alkyl halides is 2. The highest BCUT2D eigenvalue weighted by Gasteiger charge is 2.47. The monoisotopic (exact) mass is 334 g/mol. The van der Waals surface area contributed by atoms with Crippen molar-refractivity contribution < 1.29 is 23.0 Å². The van der Waals surface area contributed by atoms with Crippen LogP contribution in [0, 0.1) is 0 Å². The van der Waals surface area contributed by atoms with Gasteiger partial charge in [0.05, 0.1) is 18.7 Å². The molecule has 0 aliphatic carbocycles. The first kappa shape index (κ1) is 16.3. The smallest absolute Gasteiger partial charge is 0.388 e. The first-order valence-electron chi connectivity index (χ1n) is 7.35. The molecule has 5 nitrogen and oxygen atoms in total. The Morgan fingerprint density at radius 1 is 1.21 bits per heavy atom. The molecular formula is C17H16F2N2O3. The average Bonchev–Trinajstić information content (AvgIpc) is 2.55. The summed E-state index contributed by atoms with van der Waals surface area (Å²) in [6.07, 6.45) is 1.23. The SMILES string of the molecule is COC1(c2ccccc2)CN(C(=O)c2ccc(OC(F)F)nc2)C1. The van der Waals surface area contributed by atoms with Gasteiger partial charge in [-0.15, -0.1) is 0 Å². The Morgan fingerprint density at radius 3 is 2.46 bits per heavy atom. The van der Waals surface area contributed by atoms with Gasteiger partial charge in [-0.05, 0) is 11.6 Å². The van der Waals surface area contributed by atoms with Gasteiger partial charge in [0.15, 0.2) is 0 Å². The van der Waals surface area contributed by atoms with Crippen molar-refractivity contribution in [1.29, 1.82) is 0 Å². The van der Waals surface area contributed by atoms with E-state index < -0.39 is 12.2 Å². The zero-order chi connectivity index (χ0) is 17.2. The van der Waals surface area contributed by atoms with Crippen LogP contribution in [-0.2, 0) is 10.3 Å². The van der Waals surface area contributed by atoms with E-state index in [0.29, 0.717) is 18.7 Å². The fourth-order valence-electron chi connectivity index (χ4n) is 2.74. The molecule has 3 rings (SSSR count). The number of methoxy groups -OCH3 is 1. The highest BCUT2D eigenvalue weighted by molar-refractivity contribution is 5.94. The van der Waals surface area contributed by atoms with Crippen LogP contribution >= 0.6 is 0 Å². The Bertz CT molecular complexity index is 702. The number of amides is 1. The zero-order valence-corrected chi connectivity index (χ0v) is 13.0. The van der Waals surface area contributed by atoms with E-state index in [1.807, 2.05) is 30.3 Å². The van der Waals surface area contributed by atoms with E-state index >= 15 is 0 Å². The molecule has 2 aromatic rings. The molecule has 1 fully saturated rings. The van der Waals surface area contributed by atoms with Crippen LogP contribution in [0.1, 0.15) is 15.9 Å². The van der Waals surface area contributed by atoms with E-state index in [-0.39, 0.29) is 11.8 Å². The number of hydrogen-bond donors (Lipinski definition) is 0. The van der Waals surface area contributed by atoms with Crippen molar-refractivity contribution in [3.8, 4) is 5.88 Å². The van der Waals surface area contributed by atoms with Gasteiger partial charge in [-0.25, -0.2) is 4.98 Å². The van der Waals surface area contributed by atoms with Gasteiger partial charge in [-0.3, -0.25) is 4.79 Å². The minimum Gasteiger partial charge on any atom is -0.417 e. The van der Waals surface area contributed by atoms with E-state index in [0.717, 1.165) is 5.56 Å². The lowest BCUT2D eigenvalue weighted by Crippen LogP contribution is -2.62. The van der Waals surface area contributed by atoms with Crippen LogP contribution in [-0.4, -0.2) is 42.6 Å². The molecule has 0 unspecified atom stereocenters. The first-order chi connectivity index (χ1) is 11.5. The predicted octanol–water partition coefficient (Wildman–Crippen LogP) is 2.68. The number of halogens is 2. The first-order valence-corrected chi connectivity index (χ1v) is 7.35. The fourth-order valence-corrected chi connectivity index (χ4v) is 2.74. The summed E-state index contributed by atoms with van der Waals surface area (Å²) < 4.78 is 34.0. The van der Waals surface area contributed by atoms with Crippen molar-refractivity contribution in [3.05, 3.63) is 59.8 Å². The summed E-state index contributed by atoms with van der Waals surface area (Å²) in [6.45, 7) is -2.11. The topological polar surface area (TPSA) is 51.7 Å². The lowest BCUT2D eigenvalue weighted by atomic mass is 9.85. The van der Waals surface area contributed by atoms with Gasteiger partial charge in [-0.1, -0.05) is 30.3 Å². The van der Waals surface area contributed by atoms with Crippen LogP contribution in [0.15, 0.2) is 48.7 Å². The number of carbonyl (C=O) groups excluding carboxylic acids is 1. The van der Waals surface area contributed by atoms with E-state index in [1.54, 1.807) is 12.0 Å². The molecule has 1 amide bonds. The second kappa shape index (κ2) is 6.52. The van der Waals surface area contributed by atoms with Gasteiger partial charge >= 0.3 is 6.61 Å². The molecule has 0 N–H and O–H groups in total. The van der Waals surface area contributed by atoms with Crippen LogP contribution in [0.5, 0.6) is 5.88 Å². The third-order valence-corrected chi connectivity index (χ3v) is 4.06. The molecule has 126 valence electrons. The van der Waals surface area contributed by atoms with Crippen LogP contribution in [0.2, 0.25) is 0 Å². The predicted molar refractivity (Wildman–Crippen MR) is 81.9 cm³/mol. The number of pyridine rings is 1. The van der Waals surface area contributed by atoms with Gasteiger partial charge in [-0.2, -0.15) is 8.78 Å². The summed E-state index contributed by atoms with van der Waals surface area (Å²) in [6, 6.07) is 12.4. The van der Waals surface area contributed by atoms with E-state index in [2.05, 4.69) is 9.72 Å². The number of carbonyl (C=O) groups is 1. The summed E-state index contributed by atoms with van der Waals surface area (Å²) in [7, 11) is 1.62. The van der Waals surface area contributed by atoms with Crippen molar-refractivity contribution in [2.45, 2.75) is 12.2 Å². The van der Waals surface area contributed by atoms with Gasteiger partial charge < -0.3 is 14.4 Å². The second-order valence-electron chi connectivity index (χ2n) is 5.49. The molecule has 1 aliphatic heterocycles. The van der Waals surface area contributed by atoms with Crippen molar-refractivity contribution in [3.63, 3.8) is 0 Å². The number of rotatable bonds is 5. The molecule has 0 spiro atoms. The largest absolute Gasteiger partial charge is 0.417 e. The number of nitrogens with zero attached hydrogens (tertiary/aromatic N) is 2. The molecule has 2 heterocycles. The second-order valence-corrected chi connectivity index (χ2v) is 5.49. The van der Waals surface area contributed by atoms with E-state index in [1.165, 1.54) is 18.3 Å².